The Bertz CT molecular complexity index is 904. The van der Waals surface area contributed by atoms with E-state index in [0.717, 1.165) is 9.79 Å². The summed E-state index contributed by atoms with van der Waals surface area (Å²) in [5.74, 6) is 0.893. The molecule has 0 atom stereocenters. The third-order valence-electron chi connectivity index (χ3n) is 3.35. The van der Waals surface area contributed by atoms with E-state index in [1.807, 2.05) is 42.5 Å². The lowest BCUT2D eigenvalue weighted by Gasteiger charge is -2.13. The van der Waals surface area contributed by atoms with Crippen molar-refractivity contribution in [3.8, 4) is 17.6 Å². The van der Waals surface area contributed by atoms with Crippen molar-refractivity contribution in [2.24, 2.45) is 0 Å². The molecular formula is C19H15N3OS. The number of hydrogen-bond acceptors (Lipinski definition) is 5. The molecule has 3 aromatic carbocycles. The molecular weight excluding hydrogens is 318 g/mol. The minimum atomic E-state index is 0.361. The van der Waals surface area contributed by atoms with Gasteiger partial charge in [-0.15, -0.1) is 0 Å². The van der Waals surface area contributed by atoms with Crippen LogP contribution in [-0.4, -0.2) is 0 Å². The molecule has 0 saturated carbocycles. The van der Waals surface area contributed by atoms with Crippen molar-refractivity contribution >= 4 is 23.1 Å². The molecule has 0 aliphatic heterocycles. The number of anilines is 2. The van der Waals surface area contributed by atoms with E-state index in [9.17, 15) is 5.26 Å². The van der Waals surface area contributed by atoms with E-state index in [4.69, 9.17) is 16.2 Å². The lowest BCUT2D eigenvalue weighted by atomic mass is 10.2. The van der Waals surface area contributed by atoms with Crippen molar-refractivity contribution in [3.63, 3.8) is 0 Å². The smallest absolute Gasteiger partial charge is 0.153 e. The Morgan fingerprint density at radius 2 is 1.54 bits per heavy atom. The molecule has 0 unspecified atom stereocenters. The standard InChI is InChI=1S/C19H15N3OS/c20-12-13-6-4-5-9-17(13)23-18-11-15(10-16(21)19(18)22)24-14-7-2-1-3-8-14/h1-11H,21-22H2. The summed E-state index contributed by atoms with van der Waals surface area (Å²) >= 11 is 1.56. The topological polar surface area (TPSA) is 85.1 Å². The Labute approximate surface area is 144 Å². The van der Waals surface area contributed by atoms with Gasteiger partial charge in [0.2, 0.25) is 0 Å². The van der Waals surface area contributed by atoms with Gasteiger partial charge in [-0.25, -0.2) is 0 Å². The lowest BCUT2D eigenvalue weighted by molar-refractivity contribution is 0.482. The summed E-state index contributed by atoms with van der Waals surface area (Å²) < 4.78 is 5.85. The normalized spacial score (nSPS) is 10.1. The average Bonchev–Trinajstić information content (AvgIpc) is 2.60. The van der Waals surface area contributed by atoms with Gasteiger partial charge in [0.15, 0.2) is 5.75 Å². The van der Waals surface area contributed by atoms with Crippen LogP contribution in [0.4, 0.5) is 11.4 Å². The maximum absolute atomic E-state index is 9.18. The Hall–Kier alpha value is -3.10. The van der Waals surface area contributed by atoms with Crippen molar-refractivity contribution in [2.45, 2.75) is 9.79 Å². The van der Waals surface area contributed by atoms with E-state index in [-0.39, 0.29) is 0 Å². The second kappa shape index (κ2) is 6.99. The van der Waals surface area contributed by atoms with Crippen molar-refractivity contribution in [1.29, 1.82) is 5.26 Å². The fourth-order valence-electron chi connectivity index (χ4n) is 2.16. The quantitative estimate of drug-likeness (QED) is 0.678. The molecule has 0 radical (unpaired) electrons. The van der Waals surface area contributed by atoms with Crippen LogP contribution in [-0.2, 0) is 0 Å². The highest BCUT2D eigenvalue weighted by Crippen LogP contribution is 2.39. The number of para-hydroxylation sites is 1. The van der Waals surface area contributed by atoms with Crippen molar-refractivity contribution in [3.05, 3.63) is 72.3 Å². The molecule has 0 bridgehead atoms. The zero-order chi connectivity index (χ0) is 16.9. The Morgan fingerprint density at radius 3 is 2.29 bits per heavy atom. The molecule has 5 heteroatoms. The van der Waals surface area contributed by atoms with Crippen LogP contribution in [0.5, 0.6) is 11.5 Å². The van der Waals surface area contributed by atoms with Gasteiger partial charge in [-0.3, -0.25) is 0 Å². The zero-order valence-electron chi connectivity index (χ0n) is 12.8. The van der Waals surface area contributed by atoms with Gasteiger partial charge in [0.05, 0.1) is 16.9 Å². The highest BCUT2D eigenvalue weighted by atomic mass is 32.2. The molecule has 4 N–H and O–H groups in total. The molecule has 3 aromatic rings. The maximum atomic E-state index is 9.18. The SMILES string of the molecule is N#Cc1ccccc1Oc1cc(Sc2ccccc2)cc(N)c1N. The molecule has 3 rings (SSSR count). The van der Waals surface area contributed by atoms with Crippen LogP contribution in [0.2, 0.25) is 0 Å². The number of nitriles is 1. The van der Waals surface area contributed by atoms with Crippen LogP contribution < -0.4 is 16.2 Å². The van der Waals surface area contributed by atoms with Crippen LogP contribution in [0.15, 0.2) is 76.5 Å². The molecule has 0 amide bonds. The molecule has 24 heavy (non-hydrogen) atoms. The largest absolute Gasteiger partial charge is 0.454 e. The summed E-state index contributed by atoms with van der Waals surface area (Å²) in [7, 11) is 0. The first-order chi connectivity index (χ1) is 11.7. The van der Waals surface area contributed by atoms with Crippen molar-refractivity contribution in [2.75, 3.05) is 11.5 Å². The van der Waals surface area contributed by atoms with E-state index in [1.54, 1.807) is 36.0 Å². The summed E-state index contributed by atoms with van der Waals surface area (Å²) in [5.41, 5.74) is 13.3. The first-order valence-corrected chi connectivity index (χ1v) is 8.08. The summed E-state index contributed by atoms with van der Waals surface area (Å²) in [6, 6.07) is 22.7. The minimum Gasteiger partial charge on any atom is -0.454 e. The molecule has 0 spiro atoms. The summed E-state index contributed by atoms with van der Waals surface area (Å²) in [6.07, 6.45) is 0. The summed E-state index contributed by atoms with van der Waals surface area (Å²) in [5, 5.41) is 9.18. The van der Waals surface area contributed by atoms with E-state index >= 15 is 0 Å². The predicted molar refractivity (Wildman–Crippen MR) is 97.1 cm³/mol. The van der Waals surface area contributed by atoms with Crippen LogP contribution in [0, 0.1) is 11.3 Å². The molecule has 0 aromatic heterocycles. The maximum Gasteiger partial charge on any atom is 0.153 e. The number of nitrogen functional groups attached to an aromatic ring is 2. The van der Waals surface area contributed by atoms with Crippen LogP contribution in [0.3, 0.4) is 0 Å². The van der Waals surface area contributed by atoms with Gasteiger partial charge in [-0.1, -0.05) is 42.1 Å². The molecule has 0 fully saturated rings. The van der Waals surface area contributed by atoms with Crippen LogP contribution in [0.25, 0.3) is 0 Å². The molecule has 118 valence electrons. The van der Waals surface area contributed by atoms with E-state index < -0.39 is 0 Å². The fraction of sp³-hybridized carbons (Fsp3) is 0. The number of hydrogen-bond donors (Lipinski definition) is 2. The average molecular weight is 333 g/mol. The van der Waals surface area contributed by atoms with E-state index in [1.165, 1.54) is 0 Å². The predicted octanol–water partition coefficient (Wildman–Crippen LogP) is 4.67. The van der Waals surface area contributed by atoms with Crippen LogP contribution in [0.1, 0.15) is 5.56 Å². The van der Waals surface area contributed by atoms with Gasteiger partial charge in [0, 0.05) is 9.79 Å². The first-order valence-electron chi connectivity index (χ1n) is 7.26. The molecule has 0 heterocycles. The fourth-order valence-corrected chi connectivity index (χ4v) is 3.07. The first kappa shape index (κ1) is 15.8. The summed E-state index contributed by atoms with van der Waals surface area (Å²) in [6.45, 7) is 0. The van der Waals surface area contributed by atoms with Crippen LogP contribution >= 0.6 is 11.8 Å². The van der Waals surface area contributed by atoms with Crippen molar-refractivity contribution < 1.29 is 4.74 Å². The van der Waals surface area contributed by atoms with Gasteiger partial charge >= 0.3 is 0 Å². The Morgan fingerprint density at radius 1 is 0.833 bits per heavy atom. The Balaban J connectivity index is 1.94. The lowest BCUT2D eigenvalue weighted by Crippen LogP contribution is -1.99. The van der Waals surface area contributed by atoms with Gasteiger partial charge < -0.3 is 16.2 Å². The highest BCUT2D eigenvalue weighted by Gasteiger charge is 2.11. The van der Waals surface area contributed by atoms with Gasteiger partial charge in [0.25, 0.3) is 0 Å². The second-order valence-corrected chi connectivity index (χ2v) is 6.20. The number of benzene rings is 3. The van der Waals surface area contributed by atoms with Crippen molar-refractivity contribution in [1.82, 2.24) is 0 Å². The third-order valence-corrected chi connectivity index (χ3v) is 4.33. The molecule has 0 saturated heterocycles. The third kappa shape index (κ3) is 3.45. The zero-order valence-corrected chi connectivity index (χ0v) is 13.6. The molecule has 0 aliphatic carbocycles. The number of ether oxygens (including phenoxy) is 1. The van der Waals surface area contributed by atoms with E-state index in [2.05, 4.69) is 6.07 Å². The highest BCUT2D eigenvalue weighted by molar-refractivity contribution is 7.99. The number of nitrogens with two attached hydrogens (primary N) is 2. The molecule has 0 aliphatic rings. The van der Waals surface area contributed by atoms with Gasteiger partial charge in [-0.05, 0) is 36.4 Å². The Kier molecular flexibility index (Phi) is 4.59. The summed E-state index contributed by atoms with van der Waals surface area (Å²) in [4.78, 5) is 2.00. The number of nitrogens with zero attached hydrogens (tertiary/aromatic N) is 1. The second-order valence-electron chi connectivity index (χ2n) is 5.05. The van der Waals surface area contributed by atoms with E-state index in [0.29, 0.717) is 28.4 Å². The monoisotopic (exact) mass is 333 g/mol. The number of rotatable bonds is 4. The van der Waals surface area contributed by atoms with Gasteiger partial charge in [0.1, 0.15) is 11.8 Å². The van der Waals surface area contributed by atoms with Gasteiger partial charge in [-0.2, -0.15) is 5.26 Å². The minimum absolute atomic E-state index is 0.361. The molecule has 4 nitrogen and oxygen atoms in total.